The van der Waals surface area contributed by atoms with Crippen molar-refractivity contribution in [3.8, 4) is 0 Å². The molecule has 0 aliphatic carbocycles. The summed E-state index contributed by atoms with van der Waals surface area (Å²) in [6.45, 7) is 1.70. The zero-order valence-corrected chi connectivity index (χ0v) is 9.62. The molecule has 1 aromatic carbocycles. The normalized spacial score (nSPS) is 11.4. The van der Waals surface area contributed by atoms with Gasteiger partial charge in [-0.1, -0.05) is 11.6 Å². The summed E-state index contributed by atoms with van der Waals surface area (Å²) >= 11 is 5.92. The number of hydrogen-bond donors (Lipinski definition) is 2. The van der Waals surface area contributed by atoms with E-state index in [-0.39, 0.29) is 5.69 Å². The number of rotatable bonds is 1. The van der Waals surface area contributed by atoms with Crippen LogP contribution in [0.5, 0.6) is 0 Å². The van der Waals surface area contributed by atoms with Gasteiger partial charge in [0.1, 0.15) is 0 Å². The average Bonchev–Trinajstić information content (AvgIpc) is 2.72. The van der Waals surface area contributed by atoms with Gasteiger partial charge in [0.25, 0.3) is 0 Å². The van der Waals surface area contributed by atoms with Crippen molar-refractivity contribution in [1.82, 2.24) is 14.4 Å². The van der Waals surface area contributed by atoms with Crippen molar-refractivity contribution < 1.29 is 9.90 Å². The first-order chi connectivity index (χ1) is 8.08. The van der Waals surface area contributed by atoms with Crippen molar-refractivity contribution in [2.24, 2.45) is 0 Å². The van der Waals surface area contributed by atoms with Gasteiger partial charge in [0, 0.05) is 10.7 Å². The Morgan fingerprint density at radius 3 is 3.00 bits per heavy atom. The average molecular weight is 250 g/mol. The van der Waals surface area contributed by atoms with Crippen LogP contribution in [0.2, 0.25) is 5.02 Å². The zero-order valence-electron chi connectivity index (χ0n) is 8.86. The molecule has 0 aliphatic heterocycles. The predicted octanol–water partition coefficient (Wildman–Crippen LogP) is 2.48. The quantitative estimate of drug-likeness (QED) is 0.696. The van der Waals surface area contributed by atoms with Crippen molar-refractivity contribution in [1.29, 1.82) is 0 Å². The summed E-state index contributed by atoms with van der Waals surface area (Å²) in [6, 6.07) is 5.19. The summed E-state index contributed by atoms with van der Waals surface area (Å²) in [7, 11) is 0. The molecule has 0 saturated heterocycles. The Labute approximate surface area is 101 Å². The molecular weight excluding hydrogens is 242 g/mol. The highest BCUT2D eigenvalue weighted by Gasteiger charge is 2.18. The lowest BCUT2D eigenvalue weighted by molar-refractivity contribution is 0.0689. The molecule has 0 spiro atoms. The molecule has 3 aromatic rings. The molecule has 0 aliphatic rings. The second kappa shape index (κ2) is 3.24. The molecule has 0 amide bonds. The number of nitrogens with one attached hydrogen (secondary N) is 1. The topological polar surface area (TPSA) is 70.4 Å². The third-order valence-electron chi connectivity index (χ3n) is 2.70. The number of fused-ring (bicyclic) bond motifs is 3. The second-order valence-corrected chi connectivity index (χ2v) is 4.24. The second-order valence-electron chi connectivity index (χ2n) is 3.81. The first-order valence-electron chi connectivity index (χ1n) is 4.97. The fourth-order valence-corrected chi connectivity index (χ4v) is 2.18. The molecule has 86 valence electrons. The van der Waals surface area contributed by atoms with Crippen LogP contribution in [-0.4, -0.2) is 25.4 Å². The SMILES string of the molecule is Cc1[nH]c2nc3ccc(Cl)cc3n2c1C(=O)O. The van der Waals surface area contributed by atoms with Gasteiger partial charge in [0.15, 0.2) is 5.69 Å². The number of hydrogen-bond acceptors (Lipinski definition) is 2. The van der Waals surface area contributed by atoms with E-state index >= 15 is 0 Å². The molecule has 3 rings (SSSR count). The molecule has 0 saturated carbocycles. The van der Waals surface area contributed by atoms with Crippen LogP contribution < -0.4 is 0 Å². The van der Waals surface area contributed by atoms with Gasteiger partial charge < -0.3 is 10.1 Å². The summed E-state index contributed by atoms with van der Waals surface area (Å²) in [6.07, 6.45) is 0. The number of nitrogens with zero attached hydrogens (tertiary/aromatic N) is 2. The molecule has 17 heavy (non-hydrogen) atoms. The summed E-state index contributed by atoms with van der Waals surface area (Å²) in [4.78, 5) is 18.5. The first kappa shape index (κ1) is 10.2. The number of imidazole rings is 2. The lowest BCUT2D eigenvalue weighted by Crippen LogP contribution is -2.02. The monoisotopic (exact) mass is 249 g/mol. The Morgan fingerprint density at radius 2 is 2.29 bits per heavy atom. The van der Waals surface area contributed by atoms with Crippen molar-refractivity contribution in [3.63, 3.8) is 0 Å². The van der Waals surface area contributed by atoms with E-state index in [1.165, 1.54) is 0 Å². The number of halogens is 1. The van der Waals surface area contributed by atoms with Crippen LogP contribution in [0.4, 0.5) is 0 Å². The minimum atomic E-state index is -0.993. The number of aromatic nitrogens is 3. The number of carboxylic acids is 1. The molecule has 5 nitrogen and oxygen atoms in total. The van der Waals surface area contributed by atoms with E-state index in [0.29, 0.717) is 27.5 Å². The van der Waals surface area contributed by atoms with Gasteiger partial charge >= 0.3 is 5.97 Å². The number of aromatic carboxylic acids is 1. The standard InChI is InChI=1S/C11H8ClN3O2/c1-5-9(10(16)17)15-8-4-6(12)2-3-7(8)14-11(15)13-5/h2-4H,1H3,(H,13,14)(H,16,17). The van der Waals surface area contributed by atoms with Gasteiger partial charge in [0.2, 0.25) is 5.78 Å². The molecule has 2 aromatic heterocycles. The summed E-state index contributed by atoms with van der Waals surface area (Å²) in [5.74, 6) is -0.481. The van der Waals surface area contributed by atoms with Gasteiger partial charge in [-0.2, -0.15) is 0 Å². The van der Waals surface area contributed by atoms with E-state index in [9.17, 15) is 9.90 Å². The maximum Gasteiger partial charge on any atom is 0.354 e. The van der Waals surface area contributed by atoms with Crippen molar-refractivity contribution in [2.75, 3.05) is 0 Å². The Balaban J connectivity index is 2.55. The maximum atomic E-state index is 11.2. The van der Waals surface area contributed by atoms with E-state index in [4.69, 9.17) is 11.6 Å². The van der Waals surface area contributed by atoms with Gasteiger partial charge in [0.05, 0.1) is 11.0 Å². The fraction of sp³-hybridized carbons (Fsp3) is 0.0909. The van der Waals surface area contributed by atoms with Gasteiger partial charge in [-0.3, -0.25) is 4.40 Å². The number of aryl methyl sites for hydroxylation is 1. The van der Waals surface area contributed by atoms with Crippen LogP contribution >= 0.6 is 11.6 Å². The Bertz CT molecular complexity index is 757. The van der Waals surface area contributed by atoms with E-state index < -0.39 is 5.97 Å². The van der Waals surface area contributed by atoms with Crippen molar-refractivity contribution in [3.05, 3.63) is 34.6 Å². The zero-order chi connectivity index (χ0) is 12.2. The molecular formula is C11H8ClN3O2. The van der Waals surface area contributed by atoms with Crippen LogP contribution in [0.3, 0.4) is 0 Å². The third-order valence-corrected chi connectivity index (χ3v) is 2.93. The molecule has 0 unspecified atom stereocenters. The Kier molecular flexibility index (Phi) is 1.94. The maximum absolute atomic E-state index is 11.2. The van der Waals surface area contributed by atoms with Crippen molar-refractivity contribution >= 4 is 34.4 Å². The van der Waals surface area contributed by atoms with Crippen LogP contribution in [0.1, 0.15) is 16.2 Å². The molecule has 2 N–H and O–H groups in total. The highest BCUT2D eigenvalue weighted by atomic mass is 35.5. The fourth-order valence-electron chi connectivity index (χ4n) is 2.01. The first-order valence-corrected chi connectivity index (χ1v) is 5.35. The number of H-pyrrole nitrogens is 1. The number of benzene rings is 1. The van der Waals surface area contributed by atoms with Crippen LogP contribution in [0.15, 0.2) is 18.2 Å². The van der Waals surface area contributed by atoms with Crippen molar-refractivity contribution in [2.45, 2.75) is 6.92 Å². The third kappa shape index (κ3) is 1.32. The lowest BCUT2D eigenvalue weighted by Gasteiger charge is -1.96. The lowest BCUT2D eigenvalue weighted by atomic mass is 10.3. The molecule has 0 radical (unpaired) electrons. The highest BCUT2D eigenvalue weighted by Crippen LogP contribution is 2.23. The number of carbonyl (C=O) groups is 1. The number of carboxylic acid groups (broad SMARTS) is 1. The number of aromatic amines is 1. The van der Waals surface area contributed by atoms with E-state index in [2.05, 4.69) is 9.97 Å². The summed E-state index contributed by atoms with van der Waals surface area (Å²) in [5.41, 5.74) is 2.16. The molecule has 0 fully saturated rings. The minimum Gasteiger partial charge on any atom is -0.477 e. The molecule has 0 atom stereocenters. The molecule has 2 heterocycles. The molecule has 6 heteroatoms. The summed E-state index contributed by atoms with van der Waals surface area (Å²) < 4.78 is 1.57. The Hall–Kier alpha value is -2.01. The summed E-state index contributed by atoms with van der Waals surface area (Å²) in [5, 5.41) is 9.75. The van der Waals surface area contributed by atoms with Gasteiger partial charge in [-0.05, 0) is 25.1 Å². The van der Waals surface area contributed by atoms with E-state index in [0.717, 1.165) is 0 Å². The van der Waals surface area contributed by atoms with Gasteiger partial charge in [-0.15, -0.1) is 0 Å². The molecule has 0 bridgehead atoms. The van der Waals surface area contributed by atoms with Crippen LogP contribution in [0, 0.1) is 6.92 Å². The van der Waals surface area contributed by atoms with Crippen LogP contribution in [0.25, 0.3) is 16.8 Å². The van der Waals surface area contributed by atoms with Gasteiger partial charge in [-0.25, -0.2) is 9.78 Å². The highest BCUT2D eigenvalue weighted by molar-refractivity contribution is 6.31. The smallest absolute Gasteiger partial charge is 0.354 e. The largest absolute Gasteiger partial charge is 0.477 e. The Morgan fingerprint density at radius 1 is 1.53 bits per heavy atom. The predicted molar refractivity (Wildman–Crippen MR) is 63.8 cm³/mol. The van der Waals surface area contributed by atoms with Crippen LogP contribution in [-0.2, 0) is 0 Å². The van der Waals surface area contributed by atoms with E-state index in [1.807, 2.05) is 0 Å². The van der Waals surface area contributed by atoms with E-state index in [1.54, 1.807) is 29.5 Å². The minimum absolute atomic E-state index is 0.185.